The van der Waals surface area contributed by atoms with Crippen LogP contribution in [0, 0.1) is 5.82 Å². The third kappa shape index (κ3) is 3.80. The van der Waals surface area contributed by atoms with Crippen LogP contribution in [0.5, 0.6) is 11.5 Å². The van der Waals surface area contributed by atoms with Gasteiger partial charge >= 0.3 is 0 Å². The topological polar surface area (TPSA) is 21.3 Å². The van der Waals surface area contributed by atoms with E-state index in [0.717, 1.165) is 12.1 Å². The Bertz CT molecular complexity index is 542. The molecule has 1 atom stereocenters. The van der Waals surface area contributed by atoms with Crippen molar-refractivity contribution < 1.29 is 9.13 Å². The van der Waals surface area contributed by atoms with Gasteiger partial charge in [-0.3, -0.25) is 0 Å². The Morgan fingerprint density at radius 3 is 2.47 bits per heavy atom. The SMILES string of the molecule is CCNC(C)c1cccc(Oc2cccc(F)c2)c1. The molecule has 0 saturated carbocycles. The largest absolute Gasteiger partial charge is 0.457 e. The molecule has 2 rings (SSSR count). The van der Waals surface area contributed by atoms with E-state index < -0.39 is 0 Å². The summed E-state index contributed by atoms with van der Waals surface area (Å²) in [6.45, 7) is 5.09. The Morgan fingerprint density at radius 1 is 1.11 bits per heavy atom. The Morgan fingerprint density at radius 2 is 1.79 bits per heavy atom. The Kier molecular flexibility index (Phi) is 4.53. The van der Waals surface area contributed by atoms with Crippen molar-refractivity contribution in [3.05, 3.63) is 59.9 Å². The predicted molar refractivity (Wildman–Crippen MR) is 75.0 cm³/mol. The summed E-state index contributed by atoms with van der Waals surface area (Å²) in [7, 11) is 0. The predicted octanol–water partition coefficient (Wildman–Crippen LogP) is 4.29. The molecular formula is C16H18FNO. The third-order valence-electron chi connectivity index (χ3n) is 2.90. The lowest BCUT2D eigenvalue weighted by molar-refractivity contribution is 0.474. The maximum Gasteiger partial charge on any atom is 0.130 e. The minimum absolute atomic E-state index is 0.265. The maximum absolute atomic E-state index is 13.1. The normalized spacial score (nSPS) is 12.2. The molecule has 0 amide bonds. The van der Waals surface area contributed by atoms with Gasteiger partial charge in [0, 0.05) is 12.1 Å². The molecule has 0 fully saturated rings. The molecule has 0 aliphatic heterocycles. The lowest BCUT2D eigenvalue weighted by Gasteiger charge is -2.14. The van der Waals surface area contributed by atoms with E-state index >= 15 is 0 Å². The zero-order valence-electron chi connectivity index (χ0n) is 11.2. The van der Waals surface area contributed by atoms with Gasteiger partial charge in [-0.05, 0) is 43.3 Å². The summed E-state index contributed by atoms with van der Waals surface area (Å²) in [5.41, 5.74) is 1.15. The number of benzene rings is 2. The maximum atomic E-state index is 13.1. The van der Waals surface area contributed by atoms with E-state index in [1.807, 2.05) is 24.3 Å². The van der Waals surface area contributed by atoms with Gasteiger partial charge in [-0.15, -0.1) is 0 Å². The first-order chi connectivity index (χ1) is 9.19. The summed E-state index contributed by atoms with van der Waals surface area (Å²) in [5.74, 6) is 0.927. The van der Waals surface area contributed by atoms with Crippen molar-refractivity contribution in [2.24, 2.45) is 0 Å². The Labute approximate surface area is 113 Å². The minimum Gasteiger partial charge on any atom is -0.457 e. The lowest BCUT2D eigenvalue weighted by atomic mass is 10.1. The van der Waals surface area contributed by atoms with Crippen LogP contribution in [0.4, 0.5) is 4.39 Å². The van der Waals surface area contributed by atoms with Crippen molar-refractivity contribution in [2.45, 2.75) is 19.9 Å². The molecule has 0 radical (unpaired) electrons. The average molecular weight is 259 g/mol. The van der Waals surface area contributed by atoms with E-state index in [4.69, 9.17) is 4.74 Å². The fraction of sp³-hybridized carbons (Fsp3) is 0.250. The second-order valence-electron chi connectivity index (χ2n) is 4.41. The molecular weight excluding hydrogens is 241 g/mol. The summed E-state index contributed by atoms with van der Waals surface area (Å²) in [6, 6.07) is 14.2. The summed E-state index contributed by atoms with van der Waals surface area (Å²) in [6.07, 6.45) is 0. The molecule has 0 spiro atoms. The van der Waals surface area contributed by atoms with Crippen LogP contribution in [-0.4, -0.2) is 6.54 Å². The number of hydrogen-bond donors (Lipinski definition) is 1. The Hall–Kier alpha value is -1.87. The molecule has 3 heteroatoms. The number of ether oxygens (including phenoxy) is 1. The van der Waals surface area contributed by atoms with Gasteiger partial charge in [-0.1, -0.05) is 25.1 Å². The van der Waals surface area contributed by atoms with E-state index in [1.165, 1.54) is 12.1 Å². The number of rotatable bonds is 5. The summed E-state index contributed by atoms with van der Waals surface area (Å²) >= 11 is 0. The number of hydrogen-bond acceptors (Lipinski definition) is 2. The highest BCUT2D eigenvalue weighted by molar-refractivity contribution is 5.35. The van der Waals surface area contributed by atoms with Gasteiger partial charge in [-0.2, -0.15) is 0 Å². The van der Waals surface area contributed by atoms with Crippen molar-refractivity contribution >= 4 is 0 Å². The van der Waals surface area contributed by atoms with E-state index in [1.54, 1.807) is 12.1 Å². The number of halogens is 1. The first-order valence-electron chi connectivity index (χ1n) is 6.46. The van der Waals surface area contributed by atoms with Crippen LogP contribution in [0.15, 0.2) is 48.5 Å². The van der Waals surface area contributed by atoms with Crippen LogP contribution in [0.2, 0.25) is 0 Å². The van der Waals surface area contributed by atoms with E-state index in [-0.39, 0.29) is 11.9 Å². The van der Waals surface area contributed by atoms with Crippen LogP contribution in [0.3, 0.4) is 0 Å². The zero-order valence-corrected chi connectivity index (χ0v) is 11.2. The van der Waals surface area contributed by atoms with Gasteiger partial charge in [0.2, 0.25) is 0 Å². The molecule has 1 N–H and O–H groups in total. The van der Waals surface area contributed by atoms with Crippen molar-refractivity contribution in [3.8, 4) is 11.5 Å². The first kappa shape index (κ1) is 13.6. The van der Waals surface area contributed by atoms with Crippen LogP contribution in [-0.2, 0) is 0 Å². The average Bonchev–Trinajstić information content (AvgIpc) is 2.39. The standard InChI is InChI=1S/C16H18FNO/c1-3-18-12(2)13-6-4-8-15(10-13)19-16-9-5-7-14(17)11-16/h4-12,18H,3H2,1-2H3. The molecule has 0 heterocycles. The molecule has 0 aromatic heterocycles. The minimum atomic E-state index is -0.297. The quantitative estimate of drug-likeness (QED) is 0.865. The van der Waals surface area contributed by atoms with Gasteiger partial charge in [0.15, 0.2) is 0 Å². The zero-order chi connectivity index (χ0) is 13.7. The molecule has 2 aromatic rings. The van der Waals surface area contributed by atoms with Crippen molar-refractivity contribution in [1.82, 2.24) is 5.32 Å². The Balaban J connectivity index is 2.15. The molecule has 0 aliphatic carbocycles. The summed E-state index contributed by atoms with van der Waals surface area (Å²) < 4.78 is 18.7. The van der Waals surface area contributed by atoms with Crippen molar-refractivity contribution in [2.75, 3.05) is 6.54 Å². The monoisotopic (exact) mass is 259 g/mol. The van der Waals surface area contributed by atoms with Gasteiger partial charge in [-0.25, -0.2) is 4.39 Å². The molecule has 2 aromatic carbocycles. The van der Waals surface area contributed by atoms with Gasteiger partial charge in [0.1, 0.15) is 17.3 Å². The third-order valence-corrected chi connectivity index (χ3v) is 2.90. The fourth-order valence-electron chi connectivity index (χ4n) is 1.94. The van der Waals surface area contributed by atoms with Crippen molar-refractivity contribution in [3.63, 3.8) is 0 Å². The van der Waals surface area contributed by atoms with Crippen LogP contribution < -0.4 is 10.1 Å². The van der Waals surface area contributed by atoms with E-state index in [0.29, 0.717) is 11.5 Å². The molecule has 0 aliphatic rings. The van der Waals surface area contributed by atoms with Crippen LogP contribution >= 0.6 is 0 Å². The van der Waals surface area contributed by atoms with Crippen LogP contribution in [0.25, 0.3) is 0 Å². The second kappa shape index (κ2) is 6.34. The van der Waals surface area contributed by atoms with E-state index in [9.17, 15) is 4.39 Å². The van der Waals surface area contributed by atoms with Crippen LogP contribution in [0.1, 0.15) is 25.5 Å². The first-order valence-corrected chi connectivity index (χ1v) is 6.46. The molecule has 0 saturated heterocycles. The number of nitrogens with one attached hydrogen (secondary N) is 1. The second-order valence-corrected chi connectivity index (χ2v) is 4.41. The summed E-state index contributed by atoms with van der Waals surface area (Å²) in [5, 5.41) is 3.35. The highest BCUT2D eigenvalue weighted by Gasteiger charge is 2.05. The smallest absolute Gasteiger partial charge is 0.130 e. The molecule has 0 bridgehead atoms. The molecule has 2 nitrogen and oxygen atoms in total. The van der Waals surface area contributed by atoms with Gasteiger partial charge < -0.3 is 10.1 Å². The molecule has 19 heavy (non-hydrogen) atoms. The summed E-state index contributed by atoms with van der Waals surface area (Å²) in [4.78, 5) is 0. The molecule has 1 unspecified atom stereocenters. The lowest BCUT2D eigenvalue weighted by Crippen LogP contribution is -2.17. The molecule has 100 valence electrons. The van der Waals surface area contributed by atoms with Gasteiger partial charge in [0.25, 0.3) is 0 Å². The highest BCUT2D eigenvalue weighted by atomic mass is 19.1. The highest BCUT2D eigenvalue weighted by Crippen LogP contribution is 2.24. The van der Waals surface area contributed by atoms with E-state index in [2.05, 4.69) is 19.2 Å². The van der Waals surface area contributed by atoms with Gasteiger partial charge in [0.05, 0.1) is 0 Å². The fourth-order valence-corrected chi connectivity index (χ4v) is 1.94. The van der Waals surface area contributed by atoms with Crippen molar-refractivity contribution in [1.29, 1.82) is 0 Å².